The summed E-state index contributed by atoms with van der Waals surface area (Å²) in [6.07, 6.45) is 6.97. The van der Waals surface area contributed by atoms with E-state index in [1.165, 1.54) is 43.2 Å². The van der Waals surface area contributed by atoms with Crippen LogP contribution in [0.2, 0.25) is 0 Å². The lowest BCUT2D eigenvalue weighted by atomic mass is 9.98. The zero-order valence-electron chi connectivity index (χ0n) is 11.0. The fourth-order valence-corrected chi connectivity index (χ4v) is 3.00. The van der Waals surface area contributed by atoms with E-state index >= 15 is 0 Å². The number of nitrogens with one attached hydrogen (secondary N) is 1. The van der Waals surface area contributed by atoms with Crippen LogP contribution in [0.5, 0.6) is 0 Å². The van der Waals surface area contributed by atoms with Gasteiger partial charge >= 0.3 is 0 Å². The number of hydrogen-bond donors (Lipinski definition) is 1. The Labute approximate surface area is 118 Å². The molecule has 3 heteroatoms. The van der Waals surface area contributed by atoms with E-state index in [0.29, 0.717) is 6.10 Å². The lowest BCUT2D eigenvalue weighted by Gasteiger charge is -2.22. The van der Waals surface area contributed by atoms with Crippen molar-refractivity contribution in [2.24, 2.45) is 0 Å². The van der Waals surface area contributed by atoms with Gasteiger partial charge < -0.3 is 10.1 Å². The third-order valence-electron chi connectivity index (χ3n) is 3.53. The lowest BCUT2D eigenvalue weighted by Crippen LogP contribution is -2.16. The molecule has 0 amide bonds. The number of rotatable bonds is 5. The summed E-state index contributed by atoms with van der Waals surface area (Å²) < 4.78 is 7.16. The molecule has 1 saturated carbocycles. The van der Waals surface area contributed by atoms with Gasteiger partial charge in [0.15, 0.2) is 0 Å². The summed E-state index contributed by atoms with van der Waals surface area (Å²) in [5, 5.41) is 3.16. The topological polar surface area (TPSA) is 21.3 Å². The maximum absolute atomic E-state index is 6.00. The van der Waals surface area contributed by atoms with Gasteiger partial charge in [0.2, 0.25) is 0 Å². The number of benzene rings is 1. The van der Waals surface area contributed by atoms with Gasteiger partial charge in [-0.2, -0.15) is 0 Å². The van der Waals surface area contributed by atoms with Crippen molar-refractivity contribution in [1.82, 2.24) is 5.32 Å². The summed E-state index contributed by atoms with van der Waals surface area (Å²) in [6, 6.07) is 6.51. The molecule has 18 heavy (non-hydrogen) atoms. The minimum absolute atomic E-state index is 0.475. The predicted octanol–water partition coefficient (Wildman–Crippen LogP) is 4.02. The maximum Gasteiger partial charge on any atom is 0.0731 e. The molecule has 2 nitrogen and oxygen atoms in total. The summed E-state index contributed by atoms with van der Waals surface area (Å²) in [7, 11) is 1.97. The van der Waals surface area contributed by atoms with Crippen LogP contribution in [0.15, 0.2) is 22.7 Å². The molecule has 0 atom stereocenters. The van der Waals surface area contributed by atoms with Gasteiger partial charge in [-0.3, -0.25) is 0 Å². The first kappa shape index (κ1) is 14.0. The molecule has 1 aromatic rings. The predicted molar refractivity (Wildman–Crippen MR) is 78.6 cm³/mol. The zero-order valence-corrected chi connectivity index (χ0v) is 12.6. The second-order valence-corrected chi connectivity index (χ2v) is 5.88. The molecule has 2 rings (SSSR count). The third-order valence-corrected chi connectivity index (χ3v) is 4.26. The highest BCUT2D eigenvalue weighted by Crippen LogP contribution is 2.24. The Balaban J connectivity index is 1.88. The number of halogens is 1. The van der Waals surface area contributed by atoms with Crippen LogP contribution in [0.3, 0.4) is 0 Å². The van der Waals surface area contributed by atoms with Crippen LogP contribution in [0.4, 0.5) is 0 Å². The smallest absolute Gasteiger partial charge is 0.0731 e. The molecule has 0 heterocycles. The maximum atomic E-state index is 6.00. The molecule has 1 fully saturated rings. The second kappa shape index (κ2) is 7.27. The molecule has 0 radical (unpaired) electrons. The van der Waals surface area contributed by atoms with Crippen molar-refractivity contribution in [2.75, 3.05) is 7.05 Å². The van der Waals surface area contributed by atoms with Crippen LogP contribution in [-0.4, -0.2) is 13.2 Å². The monoisotopic (exact) mass is 311 g/mol. The van der Waals surface area contributed by atoms with Gasteiger partial charge in [-0.25, -0.2) is 0 Å². The van der Waals surface area contributed by atoms with E-state index in [-0.39, 0.29) is 0 Å². The van der Waals surface area contributed by atoms with Gasteiger partial charge in [-0.1, -0.05) is 47.3 Å². The molecule has 1 aliphatic carbocycles. The minimum Gasteiger partial charge on any atom is -0.374 e. The van der Waals surface area contributed by atoms with Crippen molar-refractivity contribution < 1.29 is 4.74 Å². The Morgan fingerprint density at radius 2 is 2.06 bits per heavy atom. The van der Waals surface area contributed by atoms with Gasteiger partial charge in [-0.05, 0) is 37.1 Å². The first-order chi connectivity index (χ1) is 8.79. The van der Waals surface area contributed by atoms with Crippen LogP contribution < -0.4 is 5.32 Å². The van der Waals surface area contributed by atoms with E-state index in [1.807, 2.05) is 7.05 Å². The van der Waals surface area contributed by atoms with E-state index in [4.69, 9.17) is 4.74 Å². The van der Waals surface area contributed by atoms with Crippen LogP contribution in [0.1, 0.15) is 43.2 Å². The van der Waals surface area contributed by atoms with Crippen molar-refractivity contribution >= 4 is 15.9 Å². The minimum atomic E-state index is 0.475. The van der Waals surface area contributed by atoms with Gasteiger partial charge in [0, 0.05) is 11.0 Å². The molecule has 0 saturated heterocycles. The van der Waals surface area contributed by atoms with E-state index in [2.05, 4.69) is 39.4 Å². The van der Waals surface area contributed by atoms with Crippen LogP contribution in [-0.2, 0) is 17.9 Å². The lowest BCUT2D eigenvalue weighted by molar-refractivity contribution is 0.0166. The second-order valence-electron chi connectivity index (χ2n) is 5.03. The molecule has 100 valence electrons. The Morgan fingerprint density at radius 3 is 2.72 bits per heavy atom. The van der Waals surface area contributed by atoms with Gasteiger partial charge in [0.25, 0.3) is 0 Å². The van der Waals surface area contributed by atoms with Gasteiger partial charge in [0.1, 0.15) is 0 Å². The molecular weight excluding hydrogens is 290 g/mol. The van der Waals surface area contributed by atoms with Crippen molar-refractivity contribution in [3.05, 3.63) is 33.8 Å². The summed E-state index contributed by atoms with van der Waals surface area (Å²) in [6.45, 7) is 1.63. The van der Waals surface area contributed by atoms with Crippen LogP contribution >= 0.6 is 15.9 Å². The highest BCUT2D eigenvalue weighted by atomic mass is 79.9. The molecule has 0 unspecified atom stereocenters. The van der Waals surface area contributed by atoms with Crippen molar-refractivity contribution in [3.63, 3.8) is 0 Å². The molecule has 1 aliphatic rings. The first-order valence-electron chi connectivity index (χ1n) is 6.83. The standard InChI is InChI=1S/C15H22BrNO/c1-17-10-12-7-8-13(15(16)9-12)11-18-14-5-3-2-4-6-14/h7-9,14,17H,2-6,10-11H2,1H3. The fourth-order valence-electron chi connectivity index (χ4n) is 2.46. The highest BCUT2D eigenvalue weighted by molar-refractivity contribution is 9.10. The average Bonchev–Trinajstić information content (AvgIpc) is 2.39. The quantitative estimate of drug-likeness (QED) is 0.887. The Hall–Kier alpha value is -0.380. The third kappa shape index (κ3) is 4.08. The summed E-state index contributed by atoms with van der Waals surface area (Å²) >= 11 is 3.63. The Morgan fingerprint density at radius 1 is 1.28 bits per heavy atom. The van der Waals surface area contributed by atoms with Crippen molar-refractivity contribution in [3.8, 4) is 0 Å². The average molecular weight is 312 g/mol. The summed E-state index contributed by atoms with van der Waals surface area (Å²) in [5.74, 6) is 0. The van der Waals surface area contributed by atoms with Crippen LogP contribution in [0, 0.1) is 0 Å². The molecular formula is C15H22BrNO. The SMILES string of the molecule is CNCc1ccc(COC2CCCCC2)c(Br)c1. The molecule has 0 spiro atoms. The summed E-state index contributed by atoms with van der Waals surface area (Å²) in [5.41, 5.74) is 2.55. The fraction of sp³-hybridized carbons (Fsp3) is 0.600. The highest BCUT2D eigenvalue weighted by Gasteiger charge is 2.14. The molecule has 1 N–H and O–H groups in total. The van der Waals surface area contributed by atoms with Crippen LogP contribution in [0.25, 0.3) is 0 Å². The Kier molecular flexibility index (Phi) is 5.67. The van der Waals surface area contributed by atoms with E-state index in [0.717, 1.165) is 17.6 Å². The van der Waals surface area contributed by atoms with Crippen molar-refractivity contribution in [2.45, 2.75) is 51.4 Å². The van der Waals surface area contributed by atoms with Crippen molar-refractivity contribution in [1.29, 1.82) is 0 Å². The molecule has 1 aromatic carbocycles. The van der Waals surface area contributed by atoms with E-state index < -0.39 is 0 Å². The Bertz CT molecular complexity index is 375. The normalized spacial score (nSPS) is 17.0. The number of hydrogen-bond acceptors (Lipinski definition) is 2. The van der Waals surface area contributed by atoms with Gasteiger partial charge in [0.05, 0.1) is 12.7 Å². The molecule has 0 aliphatic heterocycles. The zero-order chi connectivity index (χ0) is 12.8. The summed E-state index contributed by atoms with van der Waals surface area (Å²) in [4.78, 5) is 0. The largest absolute Gasteiger partial charge is 0.374 e. The van der Waals surface area contributed by atoms with E-state index in [1.54, 1.807) is 0 Å². The number of ether oxygens (including phenoxy) is 1. The molecule has 0 aromatic heterocycles. The van der Waals surface area contributed by atoms with E-state index in [9.17, 15) is 0 Å². The molecule has 0 bridgehead atoms. The van der Waals surface area contributed by atoms with Gasteiger partial charge in [-0.15, -0.1) is 0 Å². The first-order valence-corrected chi connectivity index (χ1v) is 7.62.